The molecule has 2 rings (SSSR count). The highest BCUT2D eigenvalue weighted by atomic mass is 32.3. The zero-order valence-corrected chi connectivity index (χ0v) is 5.91. The Bertz CT molecular complexity index is 389. The number of nitrogens with zero attached hydrogens (tertiary/aromatic N) is 2. The SMILES string of the molecule is Nc1nc2cn1OS(=O)(=O)O2. The molecule has 2 heterocycles. The second-order valence-electron chi connectivity index (χ2n) is 1.83. The van der Waals surface area contributed by atoms with Gasteiger partial charge in [-0.1, -0.05) is 0 Å². The molecule has 0 amide bonds. The number of aromatic nitrogens is 2. The zero-order valence-electron chi connectivity index (χ0n) is 5.09. The molecule has 0 aliphatic carbocycles. The lowest BCUT2D eigenvalue weighted by Gasteiger charge is -2.07. The average molecular weight is 177 g/mol. The van der Waals surface area contributed by atoms with E-state index in [0.29, 0.717) is 0 Å². The lowest BCUT2D eigenvalue weighted by Crippen LogP contribution is -2.26. The predicted molar refractivity (Wildman–Crippen MR) is 32.8 cm³/mol. The molecule has 8 heteroatoms. The number of fused-ring (bicyclic) bond motifs is 2. The monoisotopic (exact) mass is 177 g/mol. The summed E-state index contributed by atoms with van der Waals surface area (Å²) < 4.78 is 30.5. The van der Waals surface area contributed by atoms with Gasteiger partial charge >= 0.3 is 10.4 Å². The quantitative estimate of drug-likeness (QED) is 0.519. The van der Waals surface area contributed by atoms with Gasteiger partial charge in [0.05, 0.1) is 0 Å². The van der Waals surface area contributed by atoms with Crippen LogP contribution in [-0.4, -0.2) is 18.1 Å². The van der Waals surface area contributed by atoms with Crippen LogP contribution in [0.4, 0.5) is 5.95 Å². The first-order valence-electron chi connectivity index (χ1n) is 2.56. The summed E-state index contributed by atoms with van der Waals surface area (Å²) in [6.07, 6.45) is 1.22. The van der Waals surface area contributed by atoms with Crippen molar-refractivity contribution in [2.45, 2.75) is 0 Å². The minimum Gasteiger partial charge on any atom is -0.367 e. The maximum Gasteiger partial charge on any atom is 0.522 e. The second kappa shape index (κ2) is 1.59. The normalized spacial score (nSPS) is 18.5. The van der Waals surface area contributed by atoms with Crippen LogP contribution in [0.5, 0.6) is 5.88 Å². The summed E-state index contributed by atoms with van der Waals surface area (Å²) >= 11 is 0. The van der Waals surface area contributed by atoms with Crippen molar-refractivity contribution in [3.8, 4) is 5.88 Å². The Morgan fingerprint density at radius 2 is 2.36 bits per heavy atom. The molecule has 2 bridgehead atoms. The molecule has 0 atom stereocenters. The standard InChI is InChI=1S/C3H3N3O4S/c4-3-5-2-1-6(3)10-11(7,8)9-2/h1H,(H2,4,5). The van der Waals surface area contributed by atoms with Crippen molar-refractivity contribution >= 4 is 16.3 Å². The largest absolute Gasteiger partial charge is 0.522 e. The third-order valence-electron chi connectivity index (χ3n) is 1.04. The van der Waals surface area contributed by atoms with Crippen LogP contribution in [0.1, 0.15) is 0 Å². The number of hydrogen-bond acceptors (Lipinski definition) is 6. The van der Waals surface area contributed by atoms with Crippen LogP contribution in [0.25, 0.3) is 0 Å². The van der Waals surface area contributed by atoms with E-state index in [1.807, 2.05) is 0 Å². The highest BCUT2D eigenvalue weighted by Crippen LogP contribution is 2.18. The van der Waals surface area contributed by atoms with Gasteiger partial charge in [-0.15, -0.1) is 13.1 Å². The third-order valence-corrected chi connectivity index (χ3v) is 1.76. The molecular weight excluding hydrogens is 174 g/mol. The third kappa shape index (κ3) is 0.871. The Labute approximate surface area is 61.6 Å². The highest BCUT2D eigenvalue weighted by molar-refractivity contribution is 7.82. The average Bonchev–Trinajstić information content (AvgIpc) is 2.05. The maximum atomic E-state index is 10.6. The molecule has 0 fully saturated rings. The van der Waals surface area contributed by atoms with Gasteiger partial charge in [0.2, 0.25) is 5.95 Å². The first-order chi connectivity index (χ1) is 5.07. The Hall–Kier alpha value is -1.44. The maximum absolute atomic E-state index is 10.6. The summed E-state index contributed by atoms with van der Waals surface area (Å²) in [5.74, 6) is -0.158. The number of nitrogen functional groups attached to an aromatic ring is 1. The van der Waals surface area contributed by atoms with Crippen molar-refractivity contribution in [1.82, 2.24) is 9.71 Å². The van der Waals surface area contributed by atoms with Crippen molar-refractivity contribution in [3.05, 3.63) is 6.20 Å². The van der Waals surface area contributed by atoms with E-state index in [1.54, 1.807) is 0 Å². The first-order valence-corrected chi connectivity index (χ1v) is 3.89. The topological polar surface area (TPSA) is 96.4 Å². The molecule has 1 aromatic heterocycles. The summed E-state index contributed by atoms with van der Waals surface area (Å²) in [6.45, 7) is 0. The van der Waals surface area contributed by atoms with Gasteiger partial charge < -0.3 is 9.92 Å². The molecule has 0 radical (unpaired) electrons. The van der Waals surface area contributed by atoms with Gasteiger partial charge in [0, 0.05) is 0 Å². The van der Waals surface area contributed by atoms with Crippen LogP contribution in [0.2, 0.25) is 0 Å². The molecule has 11 heavy (non-hydrogen) atoms. The molecule has 2 N–H and O–H groups in total. The van der Waals surface area contributed by atoms with Crippen molar-refractivity contribution in [2.75, 3.05) is 5.73 Å². The van der Waals surface area contributed by atoms with Crippen LogP contribution in [0, 0.1) is 0 Å². The summed E-state index contributed by atoms with van der Waals surface area (Å²) in [6, 6.07) is 0. The highest BCUT2D eigenvalue weighted by Gasteiger charge is 2.26. The van der Waals surface area contributed by atoms with Gasteiger partial charge in [-0.05, 0) is 0 Å². The fraction of sp³-hybridized carbons (Fsp3) is 0. The first kappa shape index (κ1) is 6.28. The molecule has 1 aliphatic rings. The lowest BCUT2D eigenvalue weighted by molar-refractivity contribution is 0.235. The van der Waals surface area contributed by atoms with E-state index in [1.165, 1.54) is 6.20 Å². The van der Waals surface area contributed by atoms with Gasteiger partial charge in [-0.2, -0.15) is 4.98 Å². The molecule has 1 aromatic rings. The fourth-order valence-corrected chi connectivity index (χ4v) is 1.31. The van der Waals surface area contributed by atoms with E-state index in [9.17, 15) is 8.42 Å². The van der Waals surface area contributed by atoms with E-state index in [4.69, 9.17) is 5.73 Å². The van der Waals surface area contributed by atoms with Crippen molar-refractivity contribution < 1.29 is 16.9 Å². The number of anilines is 1. The predicted octanol–water partition coefficient (Wildman–Crippen LogP) is -1.47. The Kier molecular flexibility index (Phi) is 0.906. The number of hydrogen-bond donors (Lipinski definition) is 1. The van der Waals surface area contributed by atoms with Crippen molar-refractivity contribution in [3.63, 3.8) is 0 Å². The minimum absolute atomic E-state index is 0.0684. The van der Waals surface area contributed by atoms with Gasteiger partial charge in [-0.25, -0.2) is 0 Å². The molecule has 0 saturated heterocycles. The minimum atomic E-state index is -3.99. The molecule has 1 aliphatic heterocycles. The number of imidazole rings is 1. The van der Waals surface area contributed by atoms with Gasteiger partial charge in [-0.3, -0.25) is 4.28 Å². The summed E-state index contributed by atoms with van der Waals surface area (Å²) in [5.41, 5.74) is 5.20. The Morgan fingerprint density at radius 1 is 1.64 bits per heavy atom. The smallest absolute Gasteiger partial charge is 0.367 e. The number of rotatable bonds is 0. The van der Waals surface area contributed by atoms with E-state index in [2.05, 4.69) is 13.5 Å². The van der Waals surface area contributed by atoms with Crippen LogP contribution < -0.4 is 14.2 Å². The van der Waals surface area contributed by atoms with E-state index in [-0.39, 0.29) is 11.8 Å². The van der Waals surface area contributed by atoms with Crippen LogP contribution in [-0.2, 0) is 10.4 Å². The van der Waals surface area contributed by atoms with Gasteiger partial charge in [0.25, 0.3) is 5.88 Å². The van der Waals surface area contributed by atoms with Gasteiger partial charge in [0.15, 0.2) is 0 Å². The molecule has 60 valence electrons. The van der Waals surface area contributed by atoms with Crippen molar-refractivity contribution in [1.29, 1.82) is 0 Å². The zero-order chi connectivity index (χ0) is 8.06. The Balaban J connectivity index is 2.61. The number of nitrogens with two attached hydrogens (primary N) is 1. The lowest BCUT2D eigenvalue weighted by atomic mass is 10.9. The molecule has 0 spiro atoms. The van der Waals surface area contributed by atoms with Crippen LogP contribution in [0.15, 0.2) is 6.20 Å². The fourth-order valence-electron chi connectivity index (χ4n) is 0.675. The van der Waals surface area contributed by atoms with E-state index >= 15 is 0 Å². The van der Waals surface area contributed by atoms with Gasteiger partial charge in [0.1, 0.15) is 6.20 Å². The van der Waals surface area contributed by atoms with E-state index in [0.717, 1.165) is 4.73 Å². The summed E-state index contributed by atoms with van der Waals surface area (Å²) in [5, 5.41) is 0. The van der Waals surface area contributed by atoms with Crippen LogP contribution in [0.3, 0.4) is 0 Å². The molecule has 0 unspecified atom stereocenters. The van der Waals surface area contributed by atoms with E-state index < -0.39 is 10.4 Å². The van der Waals surface area contributed by atoms with Crippen LogP contribution >= 0.6 is 0 Å². The summed E-state index contributed by atoms with van der Waals surface area (Å²) in [7, 11) is -3.99. The molecule has 0 saturated carbocycles. The summed E-state index contributed by atoms with van der Waals surface area (Å²) in [4.78, 5) is 3.50. The van der Waals surface area contributed by atoms with Crippen molar-refractivity contribution in [2.24, 2.45) is 0 Å². The molecule has 7 nitrogen and oxygen atoms in total. The molecule has 0 aromatic carbocycles. The molecular formula is C3H3N3O4S. The second-order valence-corrected chi connectivity index (χ2v) is 2.96. The Morgan fingerprint density at radius 3 is 3.00 bits per heavy atom.